The SMILES string of the molecule is CCOc1cc(/C=C2\SC(=S)N(CCCc3ccccc3)C2=O)cc(Cl)c1O. The lowest BCUT2D eigenvalue weighted by atomic mass is 10.1. The molecule has 146 valence electrons. The number of benzene rings is 2. The van der Waals surface area contributed by atoms with Crippen LogP contribution in [0.4, 0.5) is 0 Å². The Morgan fingerprint density at radius 3 is 2.75 bits per heavy atom. The standard InChI is InChI=1S/C21H20ClNO3S2/c1-2-26-17-12-15(11-16(22)19(17)24)13-18-20(25)23(21(27)28-18)10-6-9-14-7-4-3-5-8-14/h3-5,7-8,11-13,24H,2,6,9-10H2,1H3/b18-13-. The van der Waals surface area contributed by atoms with Crippen LogP contribution in [0.15, 0.2) is 47.4 Å². The number of hydrogen-bond donors (Lipinski definition) is 1. The highest BCUT2D eigenvalue weighted by atomic mass is 35.5. The molecule has 0 radical (unpaired) electrons. The number of thiocarbonyl (C=S) groups is 1. The van der Waals surface area contributed by atoms with Crippen molar-refractivity contribution in [1.29, 1.82) is 0 Å². The molecule has 0 bridgehead atoms. The van der Waals surface area contributed by atoms with Crippen LogP contribution in [0.3, 0.4) is 0 Å². The smallest absolute Gasteiger partial charge is 0.266 e. The summed E-state index contributed by atoms with van der Waals surface area (Å²) in [6, 6.07) is 13.4. The Morgan fingerprint density at radius 2 is 2.04 bits per heavy atom. The minimum atomic E-state index is -0.106. The lowest BCUT2D eigenvalue weighted by Crippen LogP contribution is -2.29. The van der Waals surface area contributed by atoms with E-state index >= 15 is 0 Å². The van der Waals surface area contributed by atoms with Crippen LogP contribution < -0.4 is 4.74 Å². The van der Waals surface area contributed by atoms with E-state index in [-0.39, 0.29) is 16.7 Å². The van der Waals surface area contributed by atoms with Gasteiger partial charge < -0.3 is 9.84 Å². The van der Waals surface area contributed by atoms with Crippen molar-refractivity contribution in [3.63, 3.8) is 0 Å². The normalized spacial score (nSPS) is 15.5. The van der Waals surface area contributed by atoms with Gasteiger partial charge >= 0.3 is 0 Å². The quantitative estimate of drug-likeness (QED) is 0.475. The van der Waals surface area contributed by atoms with E-state index in [0.717, 1.165) is 12.8 Å². The highest BCUT2D eigenvalue weighted by molar-refractivity contribution is 8.26. The summed E-state index contributed by atoms with van der Waals surface area (Å²) in [6.07, 6.45) is 3.45. The van der Waals surface area contributed by atoms with Crippen molar-refractivity contribution in [2.75, 3.05) is 13.2 Å². The minimum Gasteiger partial charge on any atom is -0.503 e. The Bertz CT molecular complexity index is 915. The fraction of sp³-hybridized carbons (Fsp3) is 0.238. The van der Waals surface area contributed by atoms with Crippen LogP contribution >= 0.6 is 35.6 Å². The van der Waals surface area contributed by atoms with E-state index in [2.05, 4.69) is 12.1 Å². The Labute approximate surface area is 179 Å². The molecule has 1 amide bonds. The molecule has 1 aliphatic heterocycles. The average molecular weight is 434 g/mol. The first-order chi connectivity index (χ1) is 13.5. The number of aryl methyl sites for hydroxylation is 1. The van der Waals surface area contributed by atoms with Gasteiger partial charge in [-0.25, -0.2) is 0 Å². The molecule has 0 spiro atoms. The van der Waals surface area contributed by atoms with Crippen molar-refractivity contribution < 1.29 is 14.6 Å². The van der Waals surface area contributed by atoms with Gasteiger partial charge in [0.05, 0.1) is 16.5 Å². The molecule has 0 aromatic heterocycles. The van der Waals surface area contributed by atoms with Crippen LogP contribution in [0.5, 0.6) is 11.5 Å². The number of ether oxygens (including phenoxy) is 1. The molecule has 1 N–H and O–H groups in total. The molecule has 0 atom stereocenters. The van der Waals surface area contributed by atoms with Crippen LogP contribution in [0.25, 0.3) is 6.08 Å². The van der Waals surface area contributed by atoms with Crippen molar-refractivity contribution in [1.82, 2.24) is 4.90 Å². The fourth-order valence-electron chi connectivity index (χ4n) is 2.87. The minimum absolute atomic E-state index is 0.103. The number of halogens is 1. The number of carbonyl (C=O) groups excluding carboxylic acids is 1. The van der Waals surface area contributed by atoms with Gasteiger partial charge in [0.1, 0.15) is 4.32 Å². The van der Waals surface area contributed by atoms with Crippen LogP contribution in [-0.2, 0) is 11.2 Å². The Morgan fingerprint density at radius 1 is 1.29 bits per heavy atom. The lowest BCUT2D eigenvalue weighted by molar-refractivity contribution is -0.122. The van der Waals surface area contributed by atoms with Crippen LogP contribution in [0, 0.1) is 0 Å². The summed E-state index contributed by atoms with van der Waals surface area (Å²) in [4.78, 5) is 14.9. The largest absolute Gasteiger partial charge is 0.503 e. The molecule has 0 aliphatic carbocycles. The number of phenolic OH excluding ortho intramolecular Hbond substituents is 1. The molecule has 1 aliphatic rings. The van der Waals surface area contributed by atoms with Gasteiger partial charge in [-0.05, 0) is 49.1 Å². The van der Waals surface area contributed by atoms with Crippen LogP contribution in [0.1, 0.15) is 24.5 Å². The monoisotopic (exact) mass is 433 g/mol. The molecule has 0 unspecified atom stereocenters. The molecule has 3 rings (SSSR count). The van der Waals surface area contributed by atoms with E-state index < -0.39 is 0 Å². The average Bonchev–Trinajstić information content (AvgIpc) is 2.94. The van der Waals surface area contributed by atoms with Gasteiger partial charge in [0.15, 0.2) is 11.5 Å². The zero-order chi connectivity index (χ0) is 20.1. The van der Waals surface area contributed by atoms with Gasteiger partial charge in [-0.15, -0.1) is 0 Å². The third kappa shape index (κ3) is 4.87. The van der Waals surface area contributed by atoms with E-state index in [1.54, 1.807) is 23.1 Å². The summed E-state index contributed by atoms with van der Waals surface area (Å²) in [5.41, 5.74) is 1.92. The zero-order valence-electron chi connectivity index (χ0n) is 15.4. The van der Waals surface area contributed by atoms with E-state index in [1.165, 1.54) is 17.3 Å². The molecule has 7 heteroatoms. The Hall–Kier alpha value is -2.02. The number of aromatic hydroxyl groups is 1. The number of carbonyl (C=O) groups is 1. The second-order valence-corrected chi connectivity index (χ2v) is 8.29. The first kappa shape index (κ1) is 20.7. The number of rotatable bonds is 7. The summed E-state index contributed by atoms with van der Waals surface area (Å²) in [7, 11) is 0. The third-order valence-corrected chi connectivity index (χ3v) is 5.88. The predicted octanol–water partition coefficient (Wildman–Crippen LogP) is 5.28. The highest BCUT2D eigenvalue weighted by Crippen LogP contribution is 2.38. The fourth-order valence-corrected chi connectivity index (χ4v) is 4.40. The topological polar surface area (TPSA) is 49.8 Å². The molecule has 2 aromatic carbocycles. The van der Waals surface area contributed by atoms with Gasteiger partial charge in [0, 0.05) is 6.54 Å². The summed E-state index contributed by atoms with van der Waals surface area (Å²) in [6.45, 7) is 2.80. The number of hydrogen-bond acceptors (Lipinski definition) is 5. The molecule has 4 nitrogen and oxygen atoms in total. The molecule has 1 saturated heterocycles. The molecule has 28 heavy (non-hydrogen) atoms. The summed E-state index contributed by atoms with van der Waals surface area (Å²) in [5, 5.41) is 10.1. The van der Waals surface area contributed by atoms with Crippen molar-refractivity contribution >= 4 is 51.9 Å². The molecule has 2 aromatic rings. The zero-order valence-corrected chi connectivity index (χ0v) is 17.7. The van der Waals surface area contributed by atoms with E-state index in [1.807, 2.05) is 25.1 Å². The maximum atomic E-state index is 12.8. The van der Waals surface area contributed by atoms with Crippen molar-refractivity contribution in [3.05, 3.63) is 63.5 Å². The Kier molecular flexibility index (Phi) is 6.99. The maximum absolute atomic E-state index is 12.8. The Balaban J connectivity index is 1.70. The number of nitrogens with zero attached hydrogens (tertiary/aromatic N) is 1. The second kappa shape index (κ2) is 9.45. The van der Waals surface area contributed by atoms with Gasteiger partial charge in [0.25, 0.3) is 5.91 Å². The summed E-state index contributed by atoms with van der Waals surface area (Å²) >= 11 is 12.7. The van der Waals surface area contributed by atoms with Crippen molar-refractivity contribution in [2.45, 2.75) is 19.8 Å². The predicted molar refractivity (Wildman–Crippen MR) is 119 cm³/mol. The molecule has 0 saturated carbocycles. The number of phenols is 1. The molecular formula is C21H20ClNO3S2. The lowest BCUT2D eigenvalue weighted by Gasteiger charge is -2.14. The molecule has 1 heterocycles. The van der Waals surface area contributed by atoms with Crippen molar-refractivity contribution in [3.8, 4) is 11.5 Å². The molecule has 1 fully saturated rings. The van der Waals surface area contributed by atoms with Crippen LogP contribution in [-0.4, -0.2) is 33.4 Å². The summed E-state index contributed by atoms with van der Waals surface area (Å²) in [5.74, 6) is 0.0823. The van der Waals surface area contributed by atoms with E-state index in [9.17, 15) is 9.90 Å². The highest BCUT2D eigenvalue weighted by Gasteiger charge is 2.31. The maximum Gasteiger partial charge on any atom is 0.266 e. The number of thioether (sulfide) groups is 1. The first-order valence-electron chi connectivity index (χ1n) is 8.94. The summed E-state index contributed by atoms with van der Waals surface area (Å²) < 4.78 is 5.95. The molecular weight excluding hydrogens is 414 g/mol. The van der Waals surface area contributed by atoms with Gasteiger partial charge in [-0.2, -0.15) is 0 Å². The van der Waals surface area contributed by atoms with E-state index in [4.69, 9.17) is 28.6 Å². The van der Waals surface area contributed by atoms with E-state index in [0.29, 0.717) is 33.7 Å². The number of amides is 1. The van der Waals surface area contributed by atoms with Crippen molar-refractivity contribution in [2.24, 2.45) is 0 Å². The second-order valence-electron chi connectivity index (χ2n) is 6.20. The first-order valence-corrected chi connectivity index (χ1v) is 10.5. The third-order valence-electron chi connectivity index (χ3n) is 4.21. The van der Waals surface area contributed by atoms with Gasteiger partial charge in [0.2, 0.25) is 0 Å². The van der Waals surface area contributed by atoms with Crippen LogP contribution in [0.2, 0.25) is 5.02 Å². The van der Waals surface area contributed by atoms with Gasteiger partial charge in [-0.1, -0.05) is 65.9 Å². The van der Waals surface area contributed by atoms with Gasteiger partial charge in [-0.3, -0.25) is 9.69 Å².